The molecular weight excluding hydrogens is 483 g/mol. The van der Waals surface area contributed by atoms with Gasteiger partial charge in [-0.2, -0.15) is 26.7 Å². The molecule has 6 nitrogen and oxygen atoms in total. The number of alkyl halides is 5. The molecule has 4 aromatic rings. The maximum absolute atomic E-state index is 15.9. The Morgan fingerprint density at radius 1 is 0.857 bits per heavy atom. The van der Waals surface area contributed by atoms with E-state index in [4.69, 9.17) is 0 Å². The van der Waals surface area contributed by atoms with Crippen LogP contribution in [0.25, 0.3) is 11.1 Å². The Bertz CT molecular complexity index is 1330. The van der Waals surface area contributed by atoms with Gasteiger partial charge in [-0.25, -0.2) is 8.78 Å². The zero-order chi connectivity index (χ0) is 25.4. The lowest BCUT2D eigenvalue weighted by Gasteiger charge is -2.35. The average Bonchev–Trinajstić information content (AvgIpc) is 3.31. The van der Waals surface area contributed by atoms with Crippen LogP contribution in [0, 0.1) is 11.6 Å². The van der Waals surface area contributed by atoms with Crippen LogP contribution < -0.4 is 0 Å². The maximum Gasteiger partial charge on any atom is 0.416 e. The van der Waals surface area contributed by atoms with Crippen LogP contribution in [0.5, 0.6) is 0 Å². The van der Waals surface area contributed by atoms with Crippen molar-refractivity contribution >= 4 is 0 Å². The van der Waals surface area contributed by atoms with E-state index in [-0.39, 0.29) is 11.1 Å². The molecule has 0 aliphatic heterocycles. The molecular formula is C22H14F7N5O. The zero-order valence-electron chi connectivity index (χ0n) is 17.4. The maximum atomic E-state index is 15.9. The molecule has 0 spiro atoms. The molecule has 0 saturated carbocycles. The van der Waals surface area contributed by atoms with E-state index >= 15 is 8.78 Å². The topological polar surface area (TPSA) is 76.7 Å². The highest BCUT2D eigenvalue weighted by Gasteiger charge is 2.58. The Morgan fingerprint density at radius 3 is 2.17 bits per heavy atom. The number of hydrogen-bond acceptors (Lipinski definition) is 5. The van der Waals surface area contributed by atoms with Crippen molar-refractivity contribution in [1.82, 2.24) is 25.2 Å². The van der Waals surface area contributed by atoms with Gasteiger partial charge in [-0.15, -0.1) is 10.2 Å². The van der Waals surface area contributed by atoms with Crippen molar-refractivity contribution in [1.29, 1.82) is 0 Å². The van der Waals surface area contributed by atoms with Crippen molar-refractivity contribution in [3.8, 4) is 11.1 Å². The Hall–Kier alpha value is -3.87. The number of pyridine rings is 1. The van der Waals surface area contributed by atoms with Gasteiger partial charge in [0.25, 0.3) is 0 Å². The molecule has 1 atom stereocenters. The van der Waals surface area contributed by atoms with Crippen LogP contribution in [0.3, 0.4) is 0 Å². The van der Waals surface area contributed by atoms with Crippen LogP contribution in [0.4, 0.5) is 30.7 Å². The number of rotatable bonds is 6. The summed E-state index contributed by atoms with van der Waals surface area (Å²) in [6.07, 6.45) is -2.71. The number of aromatic nitrogens is 5. The highest BCUT2D eigenvalue weighted by molar-refractivity contribution is 5.64. The van der Waals surface area contributed by atoms with E-state index in [1.54, 1.807) is 0 Å². The summed E-state index contributed by atoms with van der Waals surface area (Å²) in [6.45, 7) is -1.09. The van der Waals surface area contributed by atoms with Gasteiger partial charge in [-0.1, -0.05) is 12.1 Å². The van der Waals surface area contributed by atoms with Crippen molar-refractivity contribution < 1.29 is 35.8 Å². The number of halogens is 7. The first-order chi connectivity index (χ1) is 16.4. The van der Waals surface area contributed by atoms with Gasteiger partial charge in [0, 0.05) is 17.8 Å². The SMILES string of the molecule is OC(Cn1ncnn1)(c1ccc(F)cc1F)C(F)(F)c1cc(-c2ccc(C(F)(F)F)cc2)ccn1. The van der Waals surface area contributed by atoms with Crippen molar-refractivity contribution in [3.05, 3.63) is 95.6 Å². The van der Waals surface area contributed by atoms with Gasteiger partial charge in [0.1, 0.15) is 23.9 Å². The van der Waals surface area contributed by atoms with E-state index in [9.17, 15) is 27.1 Å². The van der Waals surface area contributed by atoms with E-state index in [0.717, 1.165) is 42.9 Å². The van der Waals surface area contributed by atoms with Gasteiger partial charge in [0.05, 0.1) is 5.56 Å². The summed E-state index contributed by atoms with van der Waals surface area (Å²) >= 11 is 0. The summed E-state index contributed by atoms with van der Waals surface area (Å²) in [4.78, 5) is 4.20. The molecule has 0 bridgehead atoms. The molecule has 182 valence electrons. The second kappa shape index (κ2) is 8.73. The molecule has 1 N–H and O–H groups in total. The summed E-state index contributed by atoms with van der Waals surface area (Å²) < 4.78 is 98.3. The minimum absolute atomic E-state index is 0.0595. The van der Waals surface area contributed by atoms with Crippen molar-refractivity contribution in [2.45, 2.75) is 24.2 Å². The second-order valence-corrected chi connectivity index (χ2v) is 7.53. The van der Waals surface area contributed by atoms with Gasteiger partial charge in [0.2, 0.25) is 0 Å². The van der Waals surface area contributed by atoms with Crippen LogP contribution in [-0.4, -0.2) is 30.3 Å². The normalized spacial score (nSPS) is 14.1. The fraction of sp³-hybridized carbons (Fsp3) is 0.182. The molecule has 4 rings (SSSR count). The fourth-order valence-corrected chi connectivity index (χ4v) is 3.49. The summed E-state index contributed by atoms with van der Waals surface area (Å²) in [6, 6.07) is 7.56. The quantitative estimate of drug-likeness (QED) is 0.391. The molecule has 0 aliphatic rings. The molecule has 2 aromatic heterocycles. The van der Waals surface area contributed by atoms with E-state index in [0.29, 0.717) is 23.0 Å². The molecule has 13 heteroatoms. The molecule has 0 amide bonds. The van der Waals surface area contributed by atoms with E-state index < -0.39 is 52.7 Å². The Labute approximate surface area is 192 Å². The van der Waals surface area contributed by atoms with Crippen LogP contribution in [-0.2, 0) is 24.2 Å². The van der Waals surface area contributed by atoms with Gasteiger partial charge < -0.3 is 5.11 Å². The molecule has 0 aliphatic carbocycles. The minimum Gasteiger partial charge on any atom is -0.377 e. The van der Waals surface area contributed by atoms with Crippen LogP contribution >= 0.6 is 0 Å². The highest BCUT2D eigenvalue weighted by atomic mass is 19.4. The highest BCUT2D eigenvalue weighted by Crippen LogP contribution is 2.47. The van der Waals surface area contributed by atoms with Crippen LogP contribution in [0.2, 0.25) is 0 Å². The molecule has 35 heavy (non-hydrogen) atoms. The Morgan fingerprint density at radius 2 is 1.57 bits per heavy atom. The number of hydrogen-bond donors (Lipinski definition) is 1. The van der Waals surface area contributed by atoms with Crippen LogP contribution in [0.1, 0.15) is 16.8 Å². The predicted molar refractivity (Wildman–Crippen MR) is 107 cm³/mol. The number of aliphatic hydroxyl groups is 1. The predicted octanol–water partition coefficient (Wildman–Crippen LogP) is 4.71. The van der Waals surface area contributed by atoms with Gasteiger partial charge in [-0.05, 0) is 52.7 Å². The zero-order valence-corrected chi connectivity index (χ0v) is 17.4. The van der Waals surface area contributed by atoms with E-state index in [1.165, 1.54) is 6.07 Å². The average molecular weight is 497 g/mol. The Kier molecular flexibility index (Phi) is 6.05. The summed E-state index contributed by atoms with van der Waals surface area (Å²) in [5, 5.41) is 21.5. The smallest absolute Gasteiger partial charge is 0.377 e. The number of tetrazole rings is 1. The molecule has 0 fully saturated rings. The third-order valence-corrected chi connectivity index (χ3v) is 5.29. The van der Waals surface area contributed by atoms with Gasteiger partial charge in [-0.3, -0.25) is 4.98 Å². The molecule has 1 unspecified atom stereocenters. The van der Waals surface area contributed by atoms with Gasteiger partial charge >= 0.3 is 12.1 Å². The first kappa shape index (κ1) is 24.3. The summed E-state index contributed by atoms with van der Waals surface area (Å²) in [7, 11) is 0. The third-order valence-electron chi connectivity index (χ3n) is 5.29. The lowest BCUT2D eigenvalue weighted by molar-refractivity contribution is -0.209. The number of benzene rings is 2. The lowest BCUT2D eigenvalue weighted by atomic mass is 9.84. The first-order valence-corrected chi connectivity index (χ1v) is 9.82. The third kappa shape index (κ3) is 4.58. The molecule has 2 aromatic carbocycles. The largest absolute Gasteiger partial charge is 0.416 e. The van der Waals surface area contributed by atoms with Crippen LogP contribution in [0.15, 0.2) is 67.1 Å². The minimum atomic E-state index is -4.58. The summed E-state index contributed by atoms with van der Waals surface area (Å²) in [5.74, 6) is -6.83. The Balaban J connectivity index is 1.80. The summed E-state index contributed by atoms with van der Waals surface area (Å²) in [5.41, 5.74) is -6.06. The molecule has 0 radical (unpaired) electrons. The van der Waals surface area contributed by atoms with Crippen molar-refractivity contribution in [2.75, 3.05) is 0 Å². The van der Waals surface area contributed by atoms with Crippen molar-refractivity contribution in [3.63, 3.8) is 0 Å². The standard InChI is InChI=1S/C22H14F7N5O/c23-16-5-6-17(18(24)10-16)20(35,11-34-32-12-31-33-34)21(25,26)19-9-14(7-8-30-19)13-1-3-15(4-2-13)22(27,28)29/h1-10,12,35H,11H2. The lowest BCUT2D eigenvalue weighted by Crippen LogP contribution is -2.48. The van der Waals surface area contributed by atoms with Gasteiger partial charge in [0.15, 0.2) is 11.9 Å². The number of nitrogens with zero attached hydrogens (tertiary/aromatic N) is 5. The molecule has 2 heterocycles. The van der Waals surface area contributed by atoms with Crippen molar-refractivity contribution in [2.24, 2.45) is 0 Å². The first-order valence-electron chi connectivity index (χ1n) is 9.82. The monoisotopic (exact) mass is 497 g/mol. The van der Waals surface area contributed by atoms with E-state index in [2.05, 4.69) is 20.4 Å². The second-order valence-electron chi connectivity index (χ2n) is 7.53. The molecule has 0 saturated heterocycles. The fourth-order valence-electron chi connectivity index (χ4n) is 3.49. The van der Waals surface area contributed by atoms with E-state index in [1.807, 2.05) is 0 Å².